The molecule has 1 aromatic carbocycles. The fraction of sp³-hybridized carbons (Fsp3) is 0.267. The number of esters is 1. The molecule has 0 unspecified atom stereocenters. The summed E-state index contributed by atoms with van der Waals surface area (Å²) in [5.41, 5.74) is 1.38. The van der Waals surface area contributed by atoms with E-state index in [0.717, 1.165) is 12.2 Å². The second kappa shape index (κ2) is 7.15. The second-order valence-electron chi connectivity index (χ2n) is 4.95. The first-order chi connectivity index (χ1) is 10.4. The molecule has 1 aromatic heterocycles. The van der Waals surface area contributed by atoms with Crippen LogP contribution in [0.1, 0.15) is 23.0 Å². The molecule has 1 N–H and O–H groups in total. The lowest BCUT2D eigenvalue weighted by atomic mass is 10.2. The average Bonchev–Trinajstić information content (AvgIpc) is 2.85. The van der Waals surface area contributed by atoms with Crippen LogP contribution in [0.3, 0.4) is 0 Å². The number of aromatic nitrogens is 1. The van der Waals surface area contributed by atoms with Gasteiger partial charge in [0.25, 0.3) is 5.91 Å². The van der Waals surface area contributed by atoms with Gasteiger partial charge in [-0.1, -0.05) is 0 Å². The Bertz CT molecular complexity index is 665. The van der Waals surface area contributed by atoms with Crippen LogP contribution in [0.2, 0.25) is 0 Å². The SMILES string of the molecule is CC(=O)Oc1ccc(C(=O)Nc2nc(CN(C)C)cs2)cc1. The van der Waals surface area contributed by atoms with Crippen LogP contribution >= 0.6 is 11.3 Å². The maximum atomic E-state index is 12.1. The number of rotatable bonds is 5. The summed E-state index contributed by atoms with van der Waals surface area (Å²) in [5.74, 6) is -0.236. The first-order valence-electron chi connectivity index (χ1n) is 6.63. The highest BCUT2D eigenvalue weighted by Crippen LogP contribution is 2.18. The number of nitrogens with one attached hydrogen (secondary N) is 1. The van der Waals surface area contributed by atoms with Crippen molar-refractivity contribution in [3.63, 3.8) is 0 Å². The maximum absolute atomic E-state index is 12.1. The maximum Gasteiger partial charge on any atom is 0.308 e. The van der Waals surface area contributed by atoms with E-state index in [4.69, 9.17) is 4.74 Å². The topological polar surface area (TPSA) is 71.5 Å². The predicted octanol–water partition coefficient (Wildman–Crippen LogP) is 2.38. The van der Waals surface area contributed by atoms with E-state index in [2.05, 4.69) is 10.3 Å². The molecule has 0 aliphatic rings. The van der Waals surface area contributed by atoms with Crippen molar-refractivity contribution in [2.75, 3.05) is 19.4 Å². The fourth-order valence-electron chi connectivity index (χ4n) is 1.77. The quantitative estimate of drug-likeness (QED) is 0.677. The third kappa shape index (κ3) is 4.64. The van der Waals surface area contributed by atoms with E-state index < -0.39 is 5.97 Å². The monoisotopic (exact) mass is 319 g/mol. The molecule has 1 heterocycles. The molecule has 1 amide bonds. The molecule has 6 nitrogen and oxygen atoms in total. The fourth-order valence-corrected chi connectivity index (χ4v) is 2.47. The van der Waals surface area contributed by atoms with Crippen molar-refractivity contribution >= 4 is 28.3 Å². The van der Waals surface area contributed by atoms with Gasteiger partial charge in [-0.25, -0.2) is 4.98 Å². The average molecular weight is 319 g/mol. The number of benzene rings is 1. The number of carbonyl (C=O) groups excluding carboxylic acids is 2. The lowest BCUT2D eigenvalue weighted by Crippen LogP contribution is -2.13. The molecule has 0 fully saturated rings. The molecule has 0 saturated heterocycles. The summed E-state index contributed by atoms with van der Waals surface area (Å²) in [6.07, 6.45) is 0. The minimum atomic E-state index is -0.395. The zero-order valence-electron chi connectivity index (χ0n) is 12.6. The molecule has 22 heavy (non-hydrogen) atoms. The van der Waals surface area contributed by atoms with Crippen molar-refractivity contribution in [2.45, 2.75) is 13.5 Å². The minimum Gasteiger partial charge on any atom is -0.427 e. The number of amides is 1. The van der Waals surface area contributed by atoms with Crippen molar-refractivity contribution in [3.8, 4) is 5.75 Å². The first-order valence-corrected chi connectivity index (χ1v) is 7.51. The number of ether oxygens (including phenoxy) is 1. The summed E-state index contributed by atoms with van der Waals surface area (Å²) in [4.78, 5) is 29.3. The van der Waals surface area contributed by atoms with E-state index in [1.54, 1.807) is 24.3 Å². The Kier molecular flexibility index (Phi) is 5.24. The van der Waals surface area contributed by atoms with Gasteiger partial charge in [-0.2, -0.15) is 0 Å². The Balaban J connectivity index is 1.99. The van der Waals surface area contributed by atoms with Crippen LogP contribution in [0, 0.1) is 0 Å². The van der Waals surface area contributed by atoms with Crippen LogP contribution in [-0.4, -0.2) is 35.9 Å². The van der Waals surface area contributed by atoms with Crippen LogP contribution in [-0.2, 0) is 11.3 Å². The first kappa shape index (κ1) is 16.1. The highest BCUT2D eigenvalue weighted by Gasteiger charge is 2.10. The Labute approximate surface area is 132 Å². The van der Waals surface area contributed by atoms with E-state index >= 15 is 0 Å². The summed E-state index contributed by atoms with van der Waals surface area (Å²) >= 11 is 1.39. The molecule has 7 heteroatoms. The van der Waals surface area contributed by atoms with Gasteiger partial charge in [-0.15, -0.1) is 11.3 Å². The number of nitrogens with zero attached hydrogens (tertiary/aromatic N) is 2. The number of carbonyl (C=O) groups is 2. The van der Waals surface area contributed by atoms with E-state index in [9.17, 15) is 9.59 Å². The minimum absolute atomic E-state index is 0.250. The Morgan fingerprint density at radius 2 is 1.95 bits per heavy atom. The lowest BCUT2D eigenvalue weighted by molar-refractivity contribution is -0.131. The standard InChI is InChI=1S/C15H17N3O3S/c1-10(19)21-13-6-4-11(5-7-13)14(20)17-15-16-12(9-22-15)8-18(2)3/h4-7,9H,8H2,1-3H3,(H,16,17,20). The van der Waals surface area contributed by atoms with Gasteiger partial charge in [0.1, 0.15) is 5.75 Å². The highest BCUT2D eigenvalue weighted by molar-refractivity contribution is 7.13. The van der Waals surface area contributed by atoms with Gasteiger partial charge in [-0.05, 0) is 38.4 Å². The summed E-state index contributed by atoms with van der Waals surface area (Å²) in [6, 6.07) is 6.36. The van der Waals surface area contributed by atoms with Crippen molar-refractivity contribution in [2.24, 2.45) is 0 Å². The number of anilines is 1. The highest BCUT2D eigenvalue weighted by atomic mass is 32.1. The normalized spacial score (nSPS) is 10.5. The summed E-state index contributed by atoms with van der Waals surface area (Å²) in [7, 11) is 3.92. The van der Waals surface area contributed by atoms with Gasteiger partial charge >= 0.3 is 5.97 Å². The molecular formula is C15H17N3O3S. The third-order valence-corrected chi connectivity index (χ3v) is 3.44. The zero-order valence-corrected chi connectivity index (χ0v) is 13.4. The summed E-state index contributed by atoms with van der Waals surface area (Å²) < 4.78 is 4.92. The largest absolute Gasteiger partial charge is 0.427 e. The molecular weight excluding hydrogens is 302 g/mol. The lowest BCUT2D eigenvalue weighted by Gasteiger charge is -2.06. The molecule has 2 rings (SSSR count). The predicted molar refractivity (Wildman–Crippen MR) is 85.2 cm³/mol. The molecule has 0 spiro atoms. The summed E-state index contributed by atoms with van der Waals surface area (Å²) in [5, 5.41) is 5.23. The van der Waals surface area contributed by atoms with E-state index in [1.165, 1.54) is 18.3 Å². The van der Waals surface area contributed by atoms with E-state index in [0.29, 0.717) is 16.4 Å². The Morgan fingerprint density at radius 3 is 2.55 bits per heavy atom. The van der Waals surface area contributed by atoms with Gasteiger partial charge in [-0.3, -0.25) is 14.9 Å². The van der Waals surface area contributed by atoms with Crippen molar-refractivity contribution in [1.82, 2.24) is 9.88 Å². The molecule has 0 bridgehead atoms. The Hall–Kier alpha value is -2.25. The smallest absolute Gasteiger partial charge is 0.308 e. The molecule has 0 aliphatic carbocycles. The van der Waals surface area contributed by atoms with Crippen molar-refractivity contribution < 1.29 is 14.3 Å². The Morgan fingerprint density at radius 1 is 1.27 bits per heavy atom. The second-order valence-corrected chi connectivity index (χ2v) is 5.81. The van der Waals surface area contributed by atoms with E-state index in [-0.39, 0.29) is 5.91 Å². The van der Waals surface area contributed by atoms with Crippen molar-refractivity contribution in [1.29, 1.82) is 0 Å². The van der Waals surface area contributed by atoms with Gasteiger partial charge in [0.2, 0.25) is 0 Å². The van der Waals surface area contributed by atoms with Crippen LogP contribution < -0.4 is 10.1 Å². The van der Waals surface area contributed by atoms with Crippen LogP contribution in [0.25, 0.3) is 0 Å². The van der Waals surface area contributed by atoms with Crippen LogP contribution in [0.4, 0.5) is 5.13 Å². The molecule has 2 aromatic rings. The van der Waals surface area contributed by atoms with Crippen molar-refractivity contribution in [3.05, 3.63) is 40.9 Å². The van der Waals surface area contributed by atoms with Gasteiger partial charge < -0.3 is 9.64 Å². The number of hydrogen-bond acceptors (Lipinski definition) is 6. The van der Waals surface area contributed by atoms with Crippen LogP contribution in [0.15, 0.2) is 29.6 Å². The zero-order chi connectivity index (χ0) is 16.1. The molecule has 116 valence electrons. The number of hydrogen-bond donors (Lipinski definition) is 1. The molecule has 0 atom stereocenters. The van der Waals surface area contributed by atoms with Gasteiger partial charge in [0, 0.05) is 24.4 Å². The van der Waals surface area contributed by atoms with Gasteiger partial charge in [0.05, 0.1) is 5.69 Å². The number of thiazole rings is 1. The van der Waals surface area contributed by atoms with E-state index in [1.807, 2.05) is 24.4 Å². The summed E-state index contributed by atoms with van der Waals surface area (Å²) in [6.45, 7) is 2.05. The van der Waals surface area contributed by atoms with Crippen LogP contribution in [0.5, 0.6) is 5.75 Å². The van der Waals surface area contributed by atoms with Gasteiger partial charge in [0.15, 0.2) is 5.13 Å². The molecule has 0 aliphatic heterocycles. The third-order valence-electron chi connectivity index (χ3n) is 2.63. The molecule has 0 saturated carbocycles. The molecule has 0 radical (unpaired) electrons.